The average Bonchev–Trinajstić information content (AvgIpc) is 2.45. The average molecular weight is 493 g/mol. The number of hydrogen-bond acceptors (Lipinski definition) is 3. The van der Waals surface area contributed by atoms with E-state index in [9.17, 15) is 61.0 Å². The second kappa shape index (κ2) is 15.3. The van der Waals surface area contributed by atoms with Gasteiger partial charge in [0, 0.05) is 32.1 Å². The number of carbonyl (C=O) groups is 1. The summed E-state index contributed by atoms with van der Waals surface area (Å²) < 4.78 is 135. The lowest BCUT2D eigenvalue weighted by molar-refractivity contribution is -0.0202. The van der Waals surface area contributed by atoms with Crippen molar-refractivity contribution in [1.29, 1.82) is 0 Å². The minimum atomic E-state index is -6.00. The van der Waals surface area contributed by atoms with Gasteiger partial charge in [0.25, 0.3) is 0 Å². The van der Waals surface area contributed by atoms with Gasteiger partial charge in [-0.25, -0.2) is 9.18 Å². The van der Waals surface area contributed by atoms with Crippen LogP contribution in [0.2, 0.25) is 0 Å². The summed E-state index contributed by atoms with van der Waals surface area (Å²) in [5.74, 6) is 0. The van der Waals surface area contributed by atoms with Crippen LogP contribution in [0.15, 0.2) is 0 Å². The number of ether oxygens (including phenoxy) is 1. The molecule has 1 heterocycles. The van der Waals surface area contributed by atoms with Crippen LogP contribution in [0.3, 0.4) is 0 Å². The molecule has 1 aliphatic rings. The predicted octanol–water partition coefficient (Wildman–Crippen LogP) is 5.75. The third-order valence-electron chi connectivity index (χ3n) is 2.96. The molecule has 0 radical (unpaired) electrons. The molecule has 190 valence electrons. The summed E-state index contributed by atoms with van der Waals surface area (Å²) >= 11 is 0. The van der Waals surface area contributed by atoms with E-state index in [0.717, 1.165) is 6.54 Å². The van der Waals surface area contributed by atoms with Crippen LogP contribution >= 0.6 is 0 Å². The molecule has 31 heavy (non-hydrogen) atoms. The van der Waals surface area contributed by atoms with E-state index in [1.165, 1.54) is 0 Å². The first-order valence-corrected chi connectivity index (χ1v) is 8.46. The number of amides is 1. The van der Waals surface area contributed by atoms with Gasteiger partial charge in [-0.05, 0) is 20.4 Å². The highest BCUT2D eigenvalue weighted by molar-refractivity contribution is 6.50. The van der Waals surface area contributed by atoms with E-state index < -0.39 is 34.2 Å². The van der Waals surface area contributed by atoms with Gasteiger partial charge in [-0.15, -0.1) is 0 Å². The Labute approximate surface area is 170 Å². The number of halogens is 13. The standard InChI is InChI=1S/C11H21FN2O2.3BF4/c1-4-5-10(12)16-11(15)14-7-6-13(3)9(2)8-14;3*2-1(3,4)5/h9-10H,4-8H2,1-3H3;;;/q;3*-1. The maximum Gasteiger partial charge on any atom is 0.673 e. The van der Waals surface area contributed by atoms with E-state index in [1.54, 1.807) is 4.90 Å². The molecule has 1 saturated heterocycles. The van der Waals surface area contributed by atoms with Crippen molar-refractivity contribution in [2.75, 3.05) is 26.7 Å². The molecule has 0 bridgehead atoms. The Morgan fingerprint density at radius 1 is 0.903 bits per heavy atom. The minimum absolute atomic E-state index is 0.273. The Hall–Kier alpha value is -1.49. The third-order valence-corrected chi connectivity index (χ3v) is 2.96. The van der Waals surface area contributed by atoms with Crippen molar-refractivity contribution in [2.24, 2.45) is 0 Å². The van der Waals surface area contributed by atoms with Crippen molar-refractivity contribution < 1.29 is 65.7 Å². The summed E-state index contributed by atoms with van der Waals surface area (Å²) in [5, 5.41) is 0. The fraction of sp³-hybridized carbons (Fsp3) is 0.909. The molecule has 1 aliphatic heterocycles. The van der Waals surface area contributed by atoms with Gasteiger partial charge < -0.3 is 66.3 Å². The zero-order chi connectivity index (χ0) is 25.6. The SMILES string of the molecule is CCCC(F)OC(=O)N1CCN(C)C(C)C1.F[B-](F)(F)F.F[B-](F)(F)F.F[B-](F)(F)F. The molecule has 4 nitrogen and oxygen atoms in total. The van der Waals surface area contributed by atoms with E-state index in [4.69, 9.17) is 4.74 Å². The normalized spacial score (nSPS) is 18.3. The molecule has 0 N–H and O–H groups in total. The van der Waals surface area contributed by atoms with E-state index in [1.807, 2.05) is 20.9 Å². The lowest BCUT2D eigenvalue weighted by atomic mass is 10.2. The molecule has 2 atom stereocenters. The highest BCUT2D eigenvalue weighted by Gasteiger charge is 2.26. The molecule has 0 aliphatic carbocycles. The van der Waals surface area contributed by atoms with Crippen LogP contribution in [0.4, 0.5) is 61.0 Å². The fourth-order valence-electron chi connectivity index (χ4n) is 1.68. The highest BCUT2D eigenvalue weighted by Crippen LogP contribution is 2.11. The van der Waals surface area contributed by atoms with E-state index in [0.29, 0.717) is 25.6 Å². The second-order valence-electron chi connectivity index (χ2n) is 5.84. The van der Waals surface area contributed by atoms with Crippen LogP contribution in [0, 0.1) is 0 Å². The zero-order valence-corrected chi connectivity index (χ0v) is 16.5. The number of rotatable bonds is 3. The first kappa shape index (κ1) is 34.1. The maximum absolute atomic E-state index is 13.1. The molecule has 0 aromatic carbocycles. The van der Waals surface area contributed by atoms with Gasteiger partial charge in [0.1, 0.15) is 0 Å². The van der Waals surface area contributed by atoms with Gasteiger partial charge in [0.05, 0.1) is 0 Å². The first-order valence-electron chi connectivity index (χ1n) is 8.46. The Morgan fingerprint density at radius 2 is 1.26 bits per heavy atom. The molecular weight excluding hydrogens is 472 g/mol. The molecule has 1 fully saturated rings. The largest absolute Gasteiger partial charge is 0.673 e. The molecule has 0 spiro atoms. The van der Waals surface area contributed by atoms with E-state index >= 15 is 0 Å². The molecule has 2 unspecified atom stereocenters. The Morgan fingerprint density at radius 3 is 1.55 bits per heavy atom. The molecule has 0 aromatic rings. The lowest BCUT2D eigenvalue weighted by Gasteiger charge is -2.37. The quantitative estimate of drug-likeness (QED) is 0.371. The minimum Gasteiger partial charge on any atom is -0.418 e. The van der Waals surface area contributed by atoms with Gasteiger partial charge in [-0.3, -0.25) is 0 Å². The lowest BCUT2D eigenvalue weighted by Crippen LogP contribution is -2.52. The number of hydrogen-bond donors (Lipinski definition) is 0. The zero-order valence-electron chi connectivity index (χ0n) is 16.5. The Balaban J connectivity index is -0.000000428. The van der Waals surface area contributed by atoms with Gasteiger partial charge in [0.15, 0.2) is 0 Å². The smallest absolute Gasteiger partial charge is 0.418 e. The number of piperazine rings is 1. The van der Waals surface area contributed by atoms with Crippen LogP contribution in [-0.2, 0) is 4.74 Å². The van der Waals surface area contributed by atoms with Gasteiger partial charge >= 0.3 is 27.9 Å². The topological polar surface area (TPSA) is 32.8 Å². The van der Waals surface area contributed by atoms with Gasteiger partial charge in [0.2, 0.25) is 6.36 Å². The van der Waals surface area contributed by atoms with Gasteiger partial charge in [-0.1, -0.05) is 6.92 Å². The van der Waals surface area contributed by atoms with Crippen molar-refractivity contribution >= 4 is 27.9 Å². The van der Waals surface area contributed by atoms with Crippen LogP contribution < -0.4 is 0 Å². The monoisotopic (exact) mass is 493 g/mol. The van der Waals surface area contributed by atoms with E-state index in [-0.39, 0.29) is 6.42 Å². The summed E-state index contributed by atoms with van der Waals surface area (Å²) in [5.41, 5.74) is 0. The van der Waals surface area contributed by atoms with Crippen LogP contribution in [-0.4, -0.2) is 76.7 Å². The van der Waals surface area contributed by atoms with Crippen LogP contribution in [0.25, 0.3) is 0 Å². The summed E-state index contributed by atoms with van der Waals surface area (Å²) in [4.78, 5) is 15.3. The Bertz CT molecular complexity index is 433. The number of carbonyl (C=O) groups excluding carboxylic acids is 1. The second-order valence-corrected chi connectivity index (χ2v) is 5.84. The van der Waals surface area contributed by atoms with Crippen molar-refractivity contribution in [1.82, 2.24) is 9.80 Å². The van der Waals surface area contributed by atoms with Crippen molar-refractivity contribution in [2.45, 2.75) is 39.1 Å². The van der Waals surface area contributed by atoms with Crippen molar-refractivity contribution in [3.63, 3.8) is 0 Å². The maximum atomic E-state index is 13.1. The van der Waals surface area contributed by atoms with Crippen molar-refractivity contribution in [3.8, 4) is 0 Å². The molecule has 20 heteroatoms. The first-order chi connectivity index (χ1) is 13.5. The summed E-state index contributed by atoms with van der Waals surface area (Å²) in [6.45, 7) is 5.92. The number of alkyl halides is 1. The fourth-order valence-corrected chi connectivity index (χ4v) is 1.68. The van der Waals surface area contributed by atoms with Crippen LogP contribution in [0.5, 0.6) is 0 Å². The van der Waals surface area contributed by atoms with Crippen molar-refractivity contribution in [3.05, 3.63) is 0 Å². The number of likely N-dealkylation sites (N-methyl/N-ethyl adjacent to an activating group) is 1. The molecule has 1 rings (SSSR count). The number of nitrogens with zero attached hydrogens (tertiary/aromatic N) is 2. The molecule has 0 saturated carbocycles. The molecule has 0 aromatic heterocycles. The Kier molecular flexibility index (Phi) is 16.9. The molecule has 1 amide bonds. The highest BCUT2D eigenvalue weighted by atomic mass is 19.5. The van der Waals surface area contributed by atoms with Crippen LogP contribution in [0.1, 0.15) is 26.7 Å². The third kappa shape index (κ3) is 39.5. The summed E-state index contributed by atoms with van der Waals surface area (Å²) in [6.07, 6.45) is -1.05. The summed E-state index contributed by atoms with van der Waals surface area (Å²) in [7, 11) is -16.0. The predicted molar refractivity (Wildman–Crippen MR) is 90.5 cm³/mol. The van der Waals surface area contributed by atoms with Gasteiger partial charge in [-0.2, -0.15) is 0 Å². The van der Waals surface area contributed by atoms with E-state index in [2.05, 4.69) is 4.90 Å². The molecular formula is C11H21B3F13N2O2-3. The summed E-state index contributed by atoms with van der Waals surface area (Å²) in [6, 6.07) is 0.297.